The smallest absolute Gasteiger partial charge is 0.243 e. The highest BCUT2D eigenvalue weighted by Gasteiger charge is 2.43. The van der Waals surface area contributed by atoms with E-state index in [2.05, 4.69) is 73.8 Å². The number of amides is 1. The van der Waals surface area contributed by atoms with Crippen LogP contribution in [0.15, 0.2) is 71.8 Å². The minimum absolute atomic E-state index is 0.00128. The Morgan fingerprint density at radius 1 is 1.00 bits per heavy atom. The zero-order chi connectivity index (χ0) is 19.7. The molecule has 3 heteroatoms. The van der Waals surface area contributed by atoms with E-state index < -0.39 is 0 Å². The largest absolute Gasteiger partial charge is 0.273 e. The number of fused-ring (bicyclic) bond motifs is 1. The molecule has 1 aliphatic rings. The number of hydrazone groups is 1. The number of rotatable bonds is 4. The van der Waals surface area contributed by atoms with Crippen LogP contribution in [-0.4, -0.2) is 12.1 Å². The maximum atomic E-state index is 12.4. The minimum Gasteiger partial charge on any atom is -0.273 e. The lowest BCUT2D eigenvalue weighted by Gasteiger charge is -2.19. The first kappa shape index (κ1) is 18.4. The first-order valence-corrected chi connectivity index (χ1v) is 9.84. The van der Waals surface area contributed by atoms with Gasteiger partial charge in [0.25, 0.3) is 0 Å². The van der Waals surface area contributed by atoms with E-state index in [1.165, 1.54) is 16.5 Å². The van der Waals surface area contributed by atoms with Crippen LogP contribution in [0.25, 0.3) is 10.8 Å². The van der Waals surface area contributed by atoms with Crippen LogP contribution >= 0.6 is 0 Å². The van der Waals surface area contributed by atoms with Crippen LogP contribution in [-0.2, 0) is 10.2 Å². The fourth-order valence-electron chi connectivity index (χ4n) is 3.69. The summed E-state index contributed by atoms with van der Waals surface area (Å²) >= 11 is 0. The molecule has 142 valence electrons. The third-order valence-corrected chi connectivity index (χ3v) is 5.53. The third kappa shape index (κ3) is 3.84. The predicted molar refractivity (Wildman–Crippen MR) is 116 cm³/mol. The maximum absolute atomic E-state index is 12.4. The van der Waals surface area contributed by atoms with Crippen molar-refractivity contribution >= 4 is 22.9 Å². The Morgan fingerprint density at radius 2 is 1.71 bits per heavy atom. The van der Waals surface area contributed by atoms with Crippen LogP contribution in [0, 0.1) is 5.92 Å². The Labute approximate surface area is 166 Å². The van der Waals surface area contributed by atoms with Gasteiger partial charge >= 0.3 is 0 Å². The Morgan fingerprint density at radius 3 is 2.46 bits per heavy atom. The molecule has 0 saturated heterocycles. The summed E-state index contributed by atoms with van der Waals surface area (Å²) in [4.78, 5) is 12.4. The SMILES string of the molecule is CC(C)(C)c1ccc([C@@H]2C[C@@H]2C(=O)NN=Cc2cccc3ccccc23)cc1. The molecule has 3 aromatic carbocycles. The van der Waals surface area contributed by atoms with Gasteiger partial charge in [-0.25, -0.2) is 5.43 Å². The first-order chi connectivity index (χ1) is 13.4. The summed E-state index contributed by atoms with van der Waals surface area (Å²) in [6.07, 6.45) is 2.63. The van der Waals surface area contributed by atoms with Crippen LogP contribution in [0.2, 0.25) is 0 Å². The molecule has 0 aromatic heterocycles. The molecule has 0 aliphatic heterocycles. The van der Waals surface area contributed by atoms with Gasteiger partial charge in [-0.2, -0.15) is 5.10 Å². The summed E-state index contributed by atoms with van der Waals surface area (Å²) in [5.41, 5.74) is 6.43. The van der Waals surface area contributed by atoms with Crippen molar-refractivity contribution in [3.63, 3.8) is 0 Å². The van der Waals surface area contributed by atoms with E-state index in [0.717, 1.165) is 17.4 Å². The van der Waals surface area contributed by atoms with Gasteiger partial charge in [0.05, 0.1) is 6.21 Å². The van der Waals surface area contributed by atoms with Crippen LogP contribution < -0.4 is 5.43 Å². The number of benzene rings is 3. The molecule has 0 bridgehead atoms. The van der Waals surface area contributed by atoms with E-state index in [9.17, 15) is 4.79 Å². The molecule has 0 heterocycles. The van der Waals surface area contributed by atoms with E-state index in [1.54, 1.807) is 6.21 Å². The predicted octanol–water partition coefficient (Wildman–Crippen LogP) is 5.39. The molecular formula is C25H26N2O. The average molecular weight is 370 g/mol. The number of carbonyl (C=O) groups excluding carboxylic acids is 1. The standard InChI is InChI=1S/C25H26N2O/c1-25(2,3)20-13-11-18(12-14-20)22-15-23(22)24(28)27-26-16-19-9-6-8-17-7-4-5-10-21(17)19/h4-14,16,22-23H,15H2,1-3H3,(H,27,28)/t22-,23-/m0/s1. The summed E-state index contributed by atoms with van der Waals surface area (Å²) in [6, 6.07) is 23.0. The van der Waals surface area contributed by atoms with Crippen molar-refractivity contribution in [3.05, 3.63) is 83.4 Å². The molecule has 2 atom stereocenters. The van der Waals surface area contributed by atoms with Crippen molar-refractivity contribution in [2.75, 3.05) is 0 Å². The summed E-state index contributed by atoms with van der Waals surface area (Å²) in [6.45, 7) is 6.63. The minimum atomic E-state index is 0.00128. The van der Waals surface area contributed by atoms with Crippen molar-refractivity contribution in [1.82, 2.24) is 5.43 Å². The van der Waals surface area contributed by atoms with Gasteiger partial charge in [0, 0.05) is 11.5 Å². The van der Waals surface area contributed by atoms with Crippen LogP contribution in [0.3, 0.4) is 0 Å². The van der Waals surface area contributed by atoms with Gasteiger partial charge in [0.15, 0.2) is 0 Å². The third-order valence-electron chi connectivity index (χ3n) is 5.53. The molecule has 1 N–H and O–H groups in total. The quantitative estimate of drug-likeness (QED) is 0.485. The number of hydrogen-bond donors (Lipinski definition) is 1. The van der Waals surface area contributed by atoms with Crippen LogP contribution in [0.5, 0.6) is 0 Å². The molecule has 1 saturated carbocycles. The highest BCUT2D eigenvalue weighted by atomic mass is 16.2. The van der Waals surface area contributed by atoms with E-state index in [4.69, 9.17) is 0 Å². The van der Waals surface area contributed by atoms with Gasteiger partial charge in [-0.1, -0.05) is 87.5 Å². The summed E-state index contributed by atoms with van der Waals surface area (Å²) in [5.74, 6) is 0.327. The Balaban J connectivity index is 1.38. The second-order valence-corrected chi connectivity index (χ2v) is 8.62. The van der Waals surface area contributed by atoms with E-state index in [1.807, 2.05) is 24.3 Å². The monoisotopic (exact) mass is 370 g/mol. The fraction of sp³-hybridized carbons (Fsp3) is 0.280. The van der Waals surface area contributed by atoms with Crippen molar-refractivity contribution in [2.24, 2.45) is 11.0 Å². The zero-order valence-electron chi connectivity index (χ0n) is 16.6. The normalized spacial score (nSPS) is 19.1. The molecule has 1 amide bonds. The van der Waals surface area contributed by atoms with Crippen molar-refractivity contribution < 1.29 is 4.79 Å². The summed E-state index contributed by atoms with van der Waals surface area (Å²) < 4.78 is 0. The highest BCUT2D eigenvalue weighted by molar-refractivity contribution is 6.00. The van der Waals surface area contributed by atoms with Gasteiger partial charge in [0.2, 0.25) is 5.91 Å². The second-order valence-electron chi connectivity index (χ2n) is 8.62. The van der Waals surface area contributed by atoms with E-state index in [0.29, 0.717) is 5.92 Å². The molecule has 1 aliphatic carbocycles. The first-order valence-electron chi connectivity index (χ1n) is 9.84. The van der Waals surface area contributed by atoms with E-state index in [-0.39, 0.29) is 17.2 Å². The second kappa shape index (κ2) is 7.23. The molecule has 0 spiro atoms. The van der Waals surface area contributed by atoms with Gasteiger partial charge in [-0.3, -0.25) is 4.79 Å². The number of nitrogens with one attached hydrogen (secondary N) is 1. The molecule has 0 radical (unpaired) electrons. The van der Waals surface area contributed by atoms with Crippen molar-refractivity contribution in [3.8, 4) is 0 Å². The molecule has 28 heavy (non-hydrogen) atoms. The Kier molecular flexibility index (Phi) is 4.76. The molecule has 4 rings (SSSR count). The van der Waals surface area contributed by atoms with Crippen molar-refractivity contribution in [1.29, 1.82) is 0 Å². The lowest BCUT2D eigenvalue weighted by Crippen LogP contribution is -2.20. The van der Waals surface area contributed by atoms with Crippen LogP contribution in [0.1, 0.15) is 49.8 Å². The summed E-state index contributed by atoms with van der Waals surface area (Å²) in [5, 5.41) is 6.50. The zero-order valence-corrected chi connectivity index (χ0v) is 16.6. The van der Waals surface area contributed by atoms with Crippen LogP contribution in [0.4, 0.5) is 0 Å². The number of hydrogen-bond acceptors (Lipinski definition) is 2. The van der Waals surface area contributed by atoms with Gasteiger partial charge in [0.1, 0.15) is 0 Å². The lowest BCUT2D eigenvalue weighted by atomic mass is 9.86. The molecule has 3 aromatic rings. The Hall–Kier alpha value is -2.94. The average Bonchev–Trinajstić information content (AvgIpc) is 3.48. The Bertz CT molecular complexity index is 1020. The number of nitrogens with zero attached hydrogens (tertiary/aromatic N) is 1. The van der Waals surface area contributed by atoms with E-state index >= 15 is 0 Å². The molecular weight excluding hydrogens is 344 g/mol. The van der Waals surface area contributed by atoms with Gasteiger partial charge in [-0.15, -0.1) is 0 Å². The maximum Gasteiger partial charge on any atom is 0.243 e. The fourth-order valence-corrected chi connectivity index (χ4v) is 3.69. The van der Waals surface area contributed by atoms with Gasteiger partial charge in [-0.05, 0) is 39.7 Å². The topological polar surface area (TPSA) is 41.5 Å². The van der Waals surface area contributed by atoms with Crippen molar-refractivity contribution in [2.45, 2.75) is 38.5 Å². The molecule has 3 nitrogen and oxygen atoms in total. The highest BCUT2D eigenvalue weighted by Crippen LogP contribution is 2.47. The summed E-state index contributed by atoms with van der Waals surface area (Å²) in [7, 11) is 0. The lowest BCUT2D eigenvalue weighted by molar-refractivity contribution is -0.122. The molecule has 0 unspecified atom stereocenters. The van der Waals surface area contributed by atoms with Gasteiger partial charge < -0.3 is 0 Å². The molecule has 1 fully saturated rings. The number of carbonyl (C=O) groups is 1.